The van der Waals surface area contributed by atoms with Crippen molar-refractivity contribution in [1.29, 1.82) is 0 Å². The second kappa shape index (κ2) is 11.1. The van der Waals surface area contributed by atoms with E-state index in [-0.39, 0.29) is 13.0 Å². The van der Waals surface area contributed by atoms with Crippen LogP contribution in [0.4, 0.5) is 0 Å². The molecule has 2 saturated heterocycles. The van der Waals surface area contributed by atoms with E-state index < -0.39 is 20.8 Å². The van der Waals surface area contributed by atoms with E-state index in [2.05, 4.69) is 6.92 Å². The molecule has 1 aromatic carbocycles. The predicted octanol–water partition coefficient (Wildman–Crippen LogP) is 5.65. The molecule has 0 radical (unpaired) electrons. The molecule has 0 aliphatic carbocycles. The fraction of sp³-hybridized carbons (Fsp3) is 0.750. The van der Waals surface area contributed by atoms with Crippen LogP contribution in [0.2, 0.25) is 0 Å². The van der Waals surface area contributed by atoms with Gasteiger partial charge in [0.15, 0.2) is 0 Å². The molecule has 6 nitrogen and oxygen atoms in total. The lowest BCUT2D eigenvalue weighted by Crippen LogP contribution is -2.73. The normalized spacial score (nSPS) is 25.6. The van der Waals surface area contributed by atoms with Crippen LogP contribution in [-0.2, 0) is 26.0 Å². The quantitative estimate of drug-likeness (QED) is 0.272. The minimum Gasteiger partial charge on any atom is -0.458 e. The van der Waals surface area contributed by atoms with Crippen molar-refractivity contribution in [1.82, 2.24) is 0 Å². The predicted molar refractivity (Wildman–Crippen MR) is 121 cm³/mol. The molecule has 176 valence electrons. The Morgan fingerprint density at radius 2 is 1.39 bits per heavy atom. The third kappa shape index (κ3) is 5.81. The van der Waals surface area contributed by atoms with E-state index in [4.69, 9.17) is 14.2 Å². The zero-order valence-corrected chi connectivity index (χ0v) is 19.6. The summed E-state index contributed by atoms with van der Waals surface area (Å²) in [6, 6.07) is 7.70. The highest BCUT2D eigenvalue weighted by molar-refractivity contribution is 7.87. The van der Waals surface area contributed by atoms with Gasteiger partial charge in [-0.2, -0.15) is 8.42 Å². The van der Waals surface area contributed by atoms with Gasteiger partial charge in [-0.1, -0.05) is 76.8 Å². The second-order valence-electron chi connectivity index (χ2n) is 8.86. The number of hydrogen-bond donors (Lipinski definition) is 1. The smallest absolute Gasteiger partial charge is 0.302 e. The largest absolute Gasteiger partial charge is 0.458 e. The molecule has 0 spiro atoms. The molecule has 7 heteroatoms. The summed E-state index contributed by atoms with van der Waals surface area (Å²) in [5.74, 6) is -0.957. The van der Waals surface area contributed by atoms with Crippen LogP contribution in [0.1, 0.15) is 89.5 Å². The van der Waals surface area contributed by atoms with Crippen LogP contribution in [0.15, 0.2) is 24.3 Å². The van der Waals surface area contributed by atoms with Gasteiger partial charge in [0, 0.05) is 12.8 Å². The molecule has 2 aliphatic heterocycles. The van der Waals surface area contributed by atoms with E-state index in [1.54, 1.807) is 0 Å². The molecule has 0 aromatic heterocycles. The first kappa shape index (κ1) is 24.5. The maximum atomic E-state index is 12.0. The van der Waals surface area contributed by atoms with Gasteiger partial charge in [0.05, 0.1) is 13.2 Å². The highest BCUT2D eigenvalue weighted by Crippen LogP contribution is 2.50. The number of unbranched alkanes of at least 4 members (excludes halogenated alkanes) is 9. The maximum Gasteiger partial charge on any atom is 0.302 e. The number of ether oxygens (including phenoxy) is 3. The number of aryl methyl sites for hydroxylation is 1. The summed E-state index contributed by atoms with van der Waals surface area (Å²) < 4.78 is 50.4. The topological polar surface area (TPSA) is 82.1 Å². The Morgan fingerprint density at radius 3 is 1.81 bits per heavy atom. The van der Waals surface area contributed by atoms with Gasteiger partial charge >= 0.3 is 10.1 Å². The first-order valence-electron chi connectivity index (χ1n) is 12.0. The number of benzene rings is 1. The standard InChI is InChI=1S/C24H38O6S/c1-2-3-4-5-6-7-8-9-10-11-12-21-13-15-22(16-14-21)30-23(17-19-28-23)24(18-20-29-24)31(25,26)27/h13-16H,2-12,17-20H2,1H3,(H,25,26,27). The van der Waals surface area contributed by atoms with E-state index in [1.807, 2.05) is 24.3 Å². The molecule has 2 aliphatic rings. The number of rotatable bonds is 15. The molecule has 0 amide bonds. The van der Waals surface area contributed by atoms with E-state index in [0.29, 0.717) is 18.8 Å². The first-order chi connectivity index (χ1) is 14.9. The minimum absolute atomic E-state index is 0.155. The van der Waals surface area contributed by atoms with E-state index >= 15 is 0 Å². The average molecular weight is 455 g/mol. The minimum atomic E-state index is -4.47. The van der Waals surface area contributed by atoms with Crippen molar-refractivity contribution in [2.75, 3.05) is 13.2 Å². The molecule has 0 saturated carbocycles. The van der Waals surface area contributed by atoms with Crippen LogP contribution in [0.25, 0.3) is 0 Å². The van der Waals surface area contributed by atoms with E-state index in [0.717, 1.165) is 6.42 Å². The van der Waals surface area contributed by atoms with Gasteiger partial charge in [-0.25, -0.2) is 0 Å². The van der Waals surface area contributed by atoms with Crippen molar-refractivity contribution < 1.29 is 27.2 Å². The monoisotopic (exact) mass is 454 g/mol. The Labute approximate surface area is 187 Å². The zero-order chi connectivity index (χ0) is 22.2. The van der Waals surface area contributed by atoms with Crippen molar-refractivity contribution >= 4 is 10.1 Å². The van der Waals surface area contributed by atoms with Crippen molar-refractivity contribution in [2.45, 2.75) is 101 Å². The van der Waals surface area contributed by atoms with Crippen LogP contribution >= 0.6 is 0 Å². The summed E-state index contributed by atoms with van der Waals surface area (Å²) in [5, 5.41) is 0. The van der Waals surface area contributed by atoms with Gasteiger partial charge in [0.25, 0.3) is 10.7 Å². The second-order valence-corrected chi connectivity index (χ2v) is 10.5. The lowest BCUT2D eigenvalue weighted by molar-refractivity contribution is -0.356. The third-order valence-corrected chi connectivity index (χ3v) is 8.02. The highest BCUT2D eigenvalue weighted by Gasteiger charge is 2.71. The van der Waals surface area contributed by atoms with Gasteiger partial charge in [-0.05, 0) is 30.5 Å². The van der Waals surface area contributed by atoms with Crippen molar-refractivity contribution in [3.8, 4) is 5.75 Å². The van der Waals surface area contributed by atoms with Crippen molar-refractivity contribution in [2.24, 2.45) is 0 Å². The van der Waals surface area contributed by atoms with E-state index in [1.165, 1.54) is 69.8 Å². The molecule has 2 heterocycles. The van der Waals surface area contributed by atoms with Gasteiger partial charge in [0.2, 0.25) is 0 Å². The van der Waals surface area contributed by atoms with Crippen LogP contribution in [-0.4, -0.2) is 36.9 Å². The molecular formula is C24H38O6S. The Morgan fingerprint density at radius 1 is 0.871 bits per heavy atom. The van der Waals surface area contributed by atoms with Gasteiger partial charge in [0.1, 0.15) is 5.75 Å². The molecule has 2 fully saturated rings. The zero-order valence-electron chi connectivity index (χ0n) is 18.8. The third-order valence-electron chi connectivity index (χ3n) is 6.55. The van der Waals surface area contributed by atoms with Crippen molar-refractivity contribution in [3.05, 3.63) is 29.8 Å². The molecule has 1 aromatic rings. The van der Waals surface area contributed by atoms with Crippen LogP contribution in [0, 0.1) is 0 Å². The Bertz CT molecular complexity index is 766. The molecular weight excluding hydrogens is 416 g/mol. The number of hydrogen-bond acceptors (Lipinski definition) is 5. The van der Waals surface area contributed by atoms with Crippen LogP contribution < -0.4 is 4.74 Å². The SMILES string of the molecule is CCCCCCCCCCCCc1ccc(OC2(C3(S(=O)(=O)O)CCO3)CCO2)cc1. The fourth-order valence-corrected chi connectivity index (χ4v) is 5.63. The average Bonchev–Trinajstić information content (AvgIpc) is 2.66. The summed E-state index contributed by atoms with van der Waals surface area (Å²) in [7, 11) is -4.47. The molecule has 1 N–H and O–H groups in total. The Kier molecular flexibility index (Phi) is 8.79. The van der Waals surface area contributed by atoms with Gasteiger partial charge < -0.3 is 14.2 Å². The fourth-order valence-electron chi connectivity index (χ4n) is 4.47. The molecule has 0 bridgehead atoms. The summed E-state index contributed by atoms with van der Waals surface area (Å²) in [4.78, 5) is -1.83. The summed E-state index contributed by atoms with van der Waals surface area (Å²) in [6.07, 6.45) is 14.7. The lowest BCUT2D eigenvalue weighted by Gasteiger charge is -2.55. The van der Waals surface area contributed by atoms with Crippen LogP contribution in [0.3, 0.4) is 0 Å². The Balaban J connectivity index is 1.39. The molecule has 2 atom stereocenters. The molecule has 3 rings (SSSR count). The Hall–Kier alpha value is -1.15. The van der Waals surface area contributed by atoms with Gasteiger partial charge in [-0.3, -0.25) is 4.55 Å². The van der Waals surface area contributed by atoms with Crippen molar-refractivity contribution in [3.63, 3.8) is 0 Å². The summed E-state index contributed by atoms with van der Waals surface area (Å²) in [5.41, 5.74) is 1.24. The van der Waals surface area contributed by atoms with E-state index in [9.17, 15) is 13.0 Å². The molecule has 31 heavy (non-hydrogen) atoms. The van der Waals surface area contributed by atoms with Gasteiger partial charge in [-0.15, -0.1) is 0 Å². The van der Waals surface area contributed by atoms with Crippen LogP contribution in [0.5, 0.6) is 5.75 Å². The summed E-state index contributed by atoms with van der Waals surface area (Å²) >= 11 is 0. The highest BCUT2D eigenvalue weighted by atomic mass is 32.2. The first-order valence-corrected chi connectivity index (χ1v) is 13.4. The lowest BCUT2D eigenvalue weighted by atomic mass is 9.94. The maximum absolute atomic E-state index is 12.0. The molecule has 2 unspecified atom stereocenters. The summed E-state index contributed by atoms with van der Waals surface area (Å²) in [6.45, 7) is 2.88.